The second-order valence-electron chi connectivity index (χ2n) is 9.36. The lowest BCUT2D eigenvalue weighted by atomic mass is 9.93. The topological polar surface area (TPSA) is 104 Å². The van der Waals surface area contributed by atoms with Crippen molar-refractivity contribution in [2.24, 2.45) is 0 Å². The fourth-order valence-corrected chi connectivity index (χ4v) is 5.18. The molecule has 1 saturated heterocycles. The third-order valence-electron chi connectivity index (χ3n) is 7.11. The van der Waals surface area contributed by atoms with Crippen molar-refractivity contribution in [1.29, 1.82) is 0 Å². The first-order chi connectivity index (χ1) is 15.5. The molecule has 3 rings (SSSR count). The number of carbonyl (C=O) groups is 1. The minimum atomic E-state index is -1.21. The molecule has 1 saturated carbocycles. The van der Waals surface area contributed by atoms with Gasteiger partial charge in [-0.3, -0.25) is 9.69 Å². The van der Waals surface area contributed by atoms with E-state index in [4.69, 9.17) is 0 Å². The van der Waals surface area contributed by atoms with Crippen LogP contribution in [0.15, 0.2) is 30.3 Å². The number of rotatable bonds is 10. The van der Waals surface area contributed by atoms with Crippen LogP contribution in [0, 0.1) is 0 Å². The van der Waals surface area contributed by atoms with Crippen molar-refractivity contribution in [2.45, 2.75) is 88.2 Å². The van der Waals surface area contributed by atoms with Gasteiger partial charge in [-0.25, -0.2) is 0 Å². The summed E-state index contributed by atoms with van der Waals surface area (Å²) in [6.07, 6.45) is 6.26. The molecular formula is C25H40N2O5. The lowest BCUT2D eigenvalue weighted by Crippen LogP contribution is -2.62. The lowest BCUT2D eigenvalue weighted by molar-refractivity contribution is -0.145. The minimum Gasteiger partial charge on any atom is -0.395 e. The predicted octanol–water partition coefficient (Wildman–Crippen LogP) is 1.78. The molecule has 32 heavy (non-hydrogen) atoms. The number of carbonyl (C=O) groups excluding carboxylic acids is 1. The fourth-order valence-electron chi connectivity index (χ4n) is 5.18. The molecule has 4 unspecified atom stereocenters. The minimum absolute atomic E-state index is 0.137. The van der Waals surface area contributed by atoms with E-state index >= 15 is 0 Å². The van der Waals surface area contributed by atoms with Gasteiger partial charge in [-0.2, -0.15) is 0 Å². The summed E-state index contributed by atoms with van der Waals surface area (Å²) in [6, 6.07) is 9.36. The van der Waals surface area contributed by atoms with Gasteiger partial charge >= 0.3 is 0 Å². The fraction of sp³-hybridized carbons (Fsp3) is 0.720. The van der Waals surface area contributed by atoms with E-state index in [1.807, 2.05) is 35.2 Å². The van der Waals surface area contributed by atoms with E-state index < -0.39 is 24.4 Å². The average molecular weight is 449 g/mol. The van der Waals surface area contributed by atoms with Crippen LogP contribution < -0.4 is 0 Å². The summed E-state index contributed by atoms with van der Waals surface area (Å²) >= 11 is 0. The highest BCUT2D eigenvalue weighted by Gasteiger charge is 2.40. The van der Waals surface area contributed by atoms with Gasteiger partial charge < -0.3 is 25.3 Å². The van der Waals surface area contributed by atoms with Crippen LogP contribution in [0.4, 0.5) is 0 Å². The summed E-state index contributed by atoms with van der Waals surface area (Å²) in [5.74, 6) is 0.137. The molecule has 7 nitrogen and oxygen atoms in total. The Labute approximate surface area is 191 Å². The second-order valence-corrected chi connectivity index (χ2v) is 9.36. The number of aliphatic hydroxyl groups is 4. The molecule has 2 fully saturated rings. The lowest BCUT2D eigenvalue weighted by Gasteiger charge is -2.43. The summed E-state index contributed by atoms with van der Waals surface area (Å²) < 4.78 is 0. The Kier molecular flexibility index (Phi) is 9.93. The normalized spacial score (nSPS) is 27.4. The first-order valence-electron chi connectivity index (χ1n) is 12.3. The Morgan fingerprint density at radius 2 is 1.62 bits per heavy atom. The number of benzene rings is 1. The molecule has 0 aromatic heterocycles. The third-order valence-corrected chi connectivity index (χ3v) is 7.11. The van der Waals surface area contributed by atoms with Gasteiger partial charge in [0.1, 0.15) is 12.2 Å². The van der Waals surface area contributed by atoms with Crippen LogP contribution in [0.2, 0.25) is 0 Å². The van der Waals surface area contributed by atoms with E-state index in [9.17, 15) is 25.2 Å². The number of aliphatic hydroxyl groups excluding tert-OH is 4. The summed E-state index contributed by atoms with van der Waals surface area (Å²) in [5, 5.41) is 39.4. The van der Waals surface area contributed by atoms with E-state index in [0.717, 1.165) is 50.6 Å². The molecule has 180 valence electrons. The molecular weight excluding hydrogens is 408 g/mol. The number of amides is 1. The van der Waals surface area contributed by atoms with Crippen molar-refractivity contribution in [2.75, 3.05) is 26.2 Å². The Morgan fingerprint density at radius 1 is 0.938 bits per heavy atom. The number of nitrogens with zero attached hydrogens (tertiary/aromatic N) is 2. The van der Waals surface area contributed by atoms with Gasteiger partial charge in [0, 0.05) is 24.7 Å². The molecule has 1 amide bonds. The van der Waals surface area contributed by atoms with Crippen molar-refractivity contribution in [1.82, 2.24) is 9.80 Å². The molecule has 1 aromatic carbocycles. The molecule has 1 aromatic rings. The van der Waals surface area contributed by atoms with Gasteiger partial charge in [0.2, 0.25) is 0 Å². The molecule has 0 spiro atoms. The molecule has 1 aliphatic heterocycles. The van der Waals surface area contributed by atoms with E-state index in [-0.39, 0.29) is 19.1 Å². The molecule has 1 heterocycles. The maximum absolute atomic E-state index is 13.2. The van der Waals surface area contributed by atoms with Crippen LogP contribution in [0.5, 0.6) is 0 Å². The second kappa shape index (κ2) is 12.7. The smallest absolute Gasteiger partial charge is 0.254 e. The Balaban J connectivity index is 1.45. The maximum Gasteiger partial charge on any atom is 0.254 e. The molecule has 4 N–H and O–H groups in total. The molecule has 0 radical (unpaired) electrons. The zero-order chi connectivity index (χ0) is 22.9. The SMILES string of the molecule is O=C(c1ccccc1)N(CCCCCCN1CC(O)C(O)C(O)C1CO)C1CCCCC1. The highest BCUT2D eigenvalue weighted by Crippen LogP contribution is 2.25. The zero-order valence-electron chi connectivity index (χ0n) is 19.1. The highest BCUT2D eigenvalue weighted by molar-refractivity contribution is 5.94. The number of hydrogen-bond acceptors (Lipinski definition) is 6. The van der Waals surface area contributed by atoms with Crippen molar-refractivity contribution < 1.29 is 25.2 Å². The summed E-state index contributed by atoms with van der Waals surface area (Å²) in [5.41, 5.74) is 0.762. The Morgan fingerprint density at radius 3 is 2.31 bits per heavy atom. The van der Waals surface area contributed by atoms with Crippen molar-refractivity contribution in [3.63, 3.8) is 0 Å². The average Bonchev–Trinajstić information content (AvgIpc) is 2.83. The van der Waals surface area contributed by atoms with Gasteiger partial charge in [0.05, 0.1) is 18.8 Å². The van der Waals surface area contributed by atoms with Gasteiger partial charge in [-0.15, -0.1) is 0 Å². The van der Waals surface area contributed by atoms with E-state index in [1.54, 1.807) is 0 Å². The Hall–Kier alpha value is -1.51. The van der Waals surface area contributed by atoms with E-state index in [0.29, 0.717) is 12.6 Å². The standard InChI is InChI=1S/C25H40N2O5/c28-18-21-23(30)24(31)22(29)17-26(21)15-9-1-2-10-16-27(20-13-7-4-8-14-20)25(32)19-11-5-3-6-12-19/h3,5-6,11-12,20-24,28-31H,1-2,4,7-10,13-18H2. The molecule has 0 bridgehead atoms. The van der Waals surface area contributed by atoms with Crippen LogP contribution in [0.1, 0.15) is 68.1 Å². The van der Waals surface area contributed by atoms with Crippen LogP contribution in [-0.2, 0) is 0 Å². The predicted molar refractivity (Wildman–Crippen MR) is 123 cm³/mol. The molecule has 7 heteroatoms. The highest BCUT2D eigenvalue weighted by atomic mass is 16.4. The van der Waals surface area contributed by atoms with Crippen molar-refractivity contribution in [3.05, 3.63) is 35.9 Å². The van der Waals surface area contributed by atoms with Crippen molar-refractivity contribution >= 4 is 5.91 Å². The summed E-state index contributed by atoms with van der Waals surface area (Å²) in [6.45, 7) is 1.43. The number of β-amino-alcohol motifs (C(OH)–C–C–N with tert-alkyl or cyclic N) is 1. The summed E-state index contributed by atoms with van der Waals surface area (Å²) in [4.78, 5) is 17.1. The first-order valence-corrected chi connectivity index (χ1v) is 12.3. The molecule has 2 aliphatic rings. The number of piperidine rings is 1. The Bertz CT molecular complexity index is 682. The van der Waals surface area contributed by atoms with Gasteiger partial charge in [0.25, 0.3) is 5.91 Å². The van der Waals surface area contributed by atoms with Gasteiger partial charge in [0.15, 0.2) is 0 Å². The number of unbranched alkanes of at least 4 members (excludes halogenated alkanes) is 3. The first kappa shape index (κ1) is 25.1. The monoisotopic (exact) mass is 448 g/mol. The van der Waals surface area contributed by atoms with E-state index in [1.165, 1.54) is 19.3 Å². The van der Waals surface area contributed by atoms with Crippen LogP contribution in [0.25, 0.3) is 0 Å². The van der Waals surface area contributed by atoms with Crippen LogP contribution in [0.3, 0.4) is 0 Å². The van der Waals surface area contributed by atoms with Crippen LogP contribution >= 0.6 is 0 Å². The zero-order valence-corrected chi connectivity index (χ0v) is 19.1. The molecule has 1 aliphatic carbocycles. The maximum atomic E-state index is 13.2. The quantitative estimate of drug-likeness (QED) is 0.407. The third kappa shape index (κ3) is 6.51. The van der Waals surface area contributed by atoms with Crippen LogP contribution in [-0.4, -0.2) is 92.8 Å². The number of hydrogen-bond donors (Lipinski definition) is 4. The van der Waals surface area contributed by atoms with Gasteiger partial charge in [-0.05, 0) is 44.4 Å². The largest absolute Gasteiger partial charge is 0.395 e. The summed E-state index contributed by atoms with van der Waals surface area (Å²) in [7, 11) is 0. The molecule has 4 atom stereocenters. The number of likely N-dealkylation sites (tertiary alicyclic amines) is 1. The van der Waals surface area contributed by atoms with Gasteiger partial charge in [-0.1, -0.05) is 50.3 Å². The van der Waals surface area contributed by atoms with E-state index in [2.05, 4.69) is 4.90 Å². The van der Waals surface area contributed by atoms with Crippen molar-refractivity contribution in [3.8, 4) is 0 Å².